The van der Waals surface area contributed by atoms with E-state index in [1.165, 1.54) is 205 Å². The number of hydrogen-bond acceptors (Lipinski definition) is 4. The number of aliphatic hydroxyl groups is 1. The summed E-state index contributed by atoms with van der Waals surface area (Å²) in [5.41, 5.74) is 0. The first-order chi connectivity index (χ1) is 26.8. The van der Waals surface area contributed by atoms with Gasteiger partial charge in [-0.05, 0) is 32.1 Å². The molecule has 0 heterocycles. The fourth-order valence-corrected chi connectivity index (χ4v) is 8.26. The highest BCUT2D eigenvalue weighted by Crippen LogP contribution is 2.16. The molecule has 0 aliphatic carbocycles. The summed E-state index contributed by atoms with van der Waals surface area (Å²) in [6.45, 7) is 4.55. The van der Waals surface area contributed by atoms with Crippen LogP contribution in [0.15, 0.2) is 24.3 Å². The van der Waals surface area contributed by atoms with Gasteiger partial charge in [-0.15, -0.1) is 0 Å². The Morgan fingerprint density at radius 3 is 1.15 bits per heavy atom. The highest BCUT2D eigenvalue weighted by molar-refractivity contribution is 7.85. The van der Waals surface area contributed by atoms with E-state index >= 15 is 0 Å². The number of rotatable bonds is 44. The van der Waals surface area contributed by atoms with Gasteiger partial charge in [-0.2, -0.15) is 8.42 Å². The summed E-state index contributed by atoms with van der Waals surface area (Å²) in [6, 6.07) is -1.07. The second-order valence-corrected chi connectivity index (χ2v) is 18.2. The molecule has 0 saturated carbocycles. The van der Waals surface area contributed by atoms with Gasteiger partial charge in [0.25, 0.3) is 10.1 Å². The van der Waals surface area contributed by atoms with Crippen molar-refractivity contribution in [2.24, 2.45) is 0 Å². The van der Waals surface area contributed by atoms with Gasteiger partial charge in [0, 0.05) is 6.42 Å². The van der Waals surface area contributed by atoms with E-state index in [0.717, 1.165) is 38.5 Å². The van der Waals surface area contributed by atoms with Gasteiger partial charge in [0.15, 0.2) is 0 Å². The van der Waals surface area contributed by atoms with Gasteiger partial charge in [-0.1, -0.05) is 244 Å². The second-order valence-electron chi connectivity index (χ2n) is 16.7. The molecule has 55 heavy (non-hydrogen) atoms. The number of amides is 1. The lowest BCUT2D eigenvalue weighted by atomic mass is 10.0. The fourth-order valence-electron chi connectivity index (χ4n) is 7.53. The topological polar surface area (TPSA) is 104 Å². The molecule has 0 aromatic rings. The predicted molar refractivity (Wildman–Crippen MR) is 239 cm³/mol. The van der Waals surface area contributed by atoms with Crippen LogP contribution >= 0.6 is 0 Å². The van der Waals surface area contributed by atoms with Crippen molar-refractivity contribution in [3.05, 3.63) is 24.3 Å². The average Bonchev–Trinajstić information content (AvgIpc) is 3.15. The maximum Gasteiger partial charge on any atom is 0.267 e. The lowest BCUT2D eigenvalue weighted by Crippen LogP contribution is -2.46. The van der Waals surface area contributed by atoms with Crippen LogP contribution in [0, 0.1) is 0 Å². The van der Waals surface area contributed by atoms with E-state index in [-0.39, 0.29) is 5.91 Å². The highest BCUT2D eigenvalue weighted by Gasteiger charge is 2.24. The summed E-state index contributed by atoms with van der Waals surface area (Å²) in [5.74, 6) is -0.988. The zero-order valence-electron chi connectivity index (χ0n) is 36.6. The van der Waals surface area contributed by atoms with Crippen LogP contribution in [0.25, 0.3) is 0 Å². The van der Waals surface area contributed by atoms with Gasteiger partial charge in [0.05, 0.1) is 17.9 Å². The van der Waals surface area contributed by atoms with E-state index < -0.39 is 28.0 Å². The molecule has 0 saturated heterocycles. The Hall–Kier alpha value is -1.18. The Morgan fingerprint density at radius 2 is 0.782 bits per heavy atom. The fraction of sp³-hybridized carbons (Fsp3) is 0.896. The van der Waals surface area contributed by atoms with Crippen LogP contribution in [0.4, 0.5) is 0 Å². The quantitative estimate of drug-likeness (QED) is 0.0324. The van der Waals surface area contributed by atoms with Gasteiger partial charge < -0.3 is 10.4 Å². The third kappa shape index (κ3) is 43.8. The number of unbranched alkanes of at least 4 members (excludes halogenated alkanes) is 34. The van der Waals surface area contributed by atoms with Crippen molar-refractivity contribution in [3.63, 3.8) is 0 Å². The van der Waals surface area contributed by atoms with E-state index in [1.807, 2.05) is 6.08 Å². The summed E-state index contributed by atoms with van der Waals surface area (Å²) < 4.78 is 32.6. The zero-order chi connectivity index (χ0) is 40.3. The number of carbonyl (C=O) groups is 1. The summed E-state index contributed by atoms with van der Waals surface area (Å²) >= 11 is 0. The first-order valence-corrected chi connectivity index (χ1v) is 25.6. The molecule has 6 nitrogen and oxygen atoms in total. The van der Waals surface area contributed by atoms with E-state index in [4.69, 9.17) is 0 Å². The molecule has 0 aromatic carbocycles. The SMILES string of the molecule is CCCCCCCCCCCCCCC/C=C/CC/C=C/C(O)C(CS(=O)(=O)O)NC(=O)CCCCCCCCCCCCCCCCCCCCCCC. The van der Waals surface area contributed by atoms with Crippen molar-refractivity contribution in [1.82, 2.24) is 5.32 Å². The lowest BCUT2D eigenvalue weighted by Gasteiger charge is -2.21. The average molecular weight is 796 g/mol. The predicted octanol–water partition coefficient (Wildman–Crippen LogP) is 14.7. The van der Waals surface area contributed by atoms with Crippen LogP contribution in [-0.2, 0) is 14.9 Å². The smallest absolute Gasteiger partial charge is 0.267 e. The molecular weight excluding hydrogens is 703 g/mol. The van der Waals surface area contributed by atoms with Crippen molar-refractivity contribution in [1.29, 1.82) is 0 Å². The minimum atomic E-state index is -4.35. The monoisotopic (exact) mass is 796 g/mol. The number of nitrogens with one attached hydrogen (secondary N) is 1. The molecule has 0 bridgehead atoms. The summed E-state index contributed by atoms with van der Waals surface area (Å²) in [5, 5.41) is 13.3. The highest BCUT2D eigenvalue weighted by atomic mass is 32.2. The largest absolute Gasteiger partial charge is 0.387 e. The first kappa shape index (κ1) is 53.8. The number of hydrogen-bond donors (Lipinski definition) is 3. The number of aliphatic hydroxyl groups excluding tert-OH is 1. The van der Waals surface area contributed by atoms with E-state index in [2.05, 4.69) is 31.3 Å². The molecule has 0 spiro atoms. The Kier molecular flexibility index (Phi) is 41.5. The molecule has 326 valence electrons. The van der Waals surface area contributed by atoms with Crippen molar-refractivity contribution in [2.75, 3.05) is 5.75 Å². The number of carbonyl (C=O) groups excluding carboxylic acids is 1. The molecular formula is C48H93NO5S. The Labute approximate surface area is 343 Å². The lowest BCUT2D eigenvalue weighted by molar-refractivity contribution is -0.122. The van der Waals surface area contributed by atoms with Crippen molar-refractivity contribution < 1.29 is 22.9 Å². The van der Waals surface area contributed by atoms with Gasteiger partial charge in [-0.25, -0.2) is 0 Å². The molecule has 0 aliphatic heterocycles. The van der Waals surface area contributed by atoms with E-state index in [0.29, 0.717) is 6.42 Å². The summed E-state index contributed by atoms with van der Waals surface area (Å²) in [6.07, 6.45) is 54.7. The van der Waals surface area contributed by atoms with Gasteiger partial charge in [0.1, 0.15) is 0 Å². The summed E-state index contributed by atoms with van der Waals surface area (Å²) in [7, 11) is -4.35. The molecule has 7 heteroatoms. The van der Waals surface area contributed by atoms with Crippen LogP contribution in [0.1, 0.15) is 258 Å². The third-order valence-electron chi connectivity index (χ3n) is 11.1. The molecule has 0 radical (unpaired) electrons. The minimum absolute atomic E-state index is 0.282. The van der Waals surface area contributed by atoms with Crippen molar-refractivity contribution in [2.45, 2.75) is 270 Å². The van der Waals surface area contributed by atoms with Crippen LogP contribution in [0.2, 0.25) is 0 Å². The Bertz CT molecular complexity index is 965. The second kappa shape index (κ2) is 42.4. The number of allylic oxidation sites excluding steroid dienone is 3. The summed E-state index contributed by atoms with van der Waals surface area (Å²) in [4.78, 5) is 12.6. The molecule has 2 unspecified atom stereocenters. The van der Waals surface area contributed by atoms with Crippen molar-refractivity contribution in [3.8, 4) is 0 Å². The van der Waals surface area contributed by atoms with Gasteiger partial charge in [-0.3, -0.25) is 9.35 Å². The molecule has 3 N–H and O–H groups in total. The molecule has 0 aromatic heterocycles. The van der Waals surface area contributed by atoms with E-state index in [1.54, 1.807) is 0 Å². The first-order valence-electron chi connectivity index (χ1n) is 24.0. The molecule has 0 aliphatic rings. The molecule has 0 rings (SSSR count). The van der Waals surface area contributed by atoms with E-state index in [9.17, 15) is 22.9 Å². The normalized spacial score (nSPS) is 13.3. The van der Waals surface area contributed by atoms with Crippen LogP contribution < -0.4 is 5.32 Å². The Balaban J connectivity index is 3.83. The van der Waals surface area contributed by atoms with Crippen molar-refractivity contribution >= 4 is 16.0 Å². The van der Waals surface area contributed by atoms with Gasteiger partial charge in [0.2, 0.25) is 5.91 Å². The zero-order valence-corrected chi connectivity index (χ0v) is 37.4. The van der Waals surface area contributed by atoms with Gasteiger partial charge >= 0.3 is 0 Å². The Morgan fingerprint density at radius 1 is 0.473 bits per heavy atom. The minimum Gasteiger partial charge on any atom is -0.387 e. The van der Waals surface area contributed by atoms with Crippen LogP contribution in [0.3, 0.4) is 0 Å². The molecule has 0 fully saturated rings. The maximum absolute atomic E-state index is 12.6. The molecule has 2 atom stereocenters. The maximum atomic E-state index is 12.6. The standard InChI is InChI=1S/C48H93NO5S/c1-3-5-7-9-11-13-15-17-19-21-23-24-26-28-30-32-34-36-38-40-42-44-48(51)49-46(45-55(52,53)54)47(50)43-41-39-37-35-33-31-29-27-25-22-20-18-16-14-12-10-8-6-4-2/h33,35,41,43,46-47,50H,3-32,34,36-40,42,44-45H2,1-2H3,(H,49,51)(H,52,53,54)/b35-33+,43-41+. The van der Waals surface area contributed by atoms with Crippen LogP contribution in [0.5, 0.6) is 0 Å². The molecule has 1 amide bonds. The van der Waals surface area contributed by atoms with Crippen LogP contribution in [-0.4, -0.2) is 41.9 Å². The third-order valence-corrected chi connectivity index (χ3v) is 11.9.